The number of benzene rings is 2. The number of aryl methyl sites for hydroxylation is 2. The van der Waals surface area contributed by atoms with Gasteiger partial charge in [0.05, 0.1) is 0 Å². The molecule has 1 N–H and O–H groups in total. The molecule has 2 aromatic carbocycles. The highest BCUT2D eigenvalue weighted by Gasteiger charge is 2.41. The van der Waals surface area contributed by atoms with Gasteiger partial charge in [0.25, 0.3) is 0 Å². The molecule has 2 aliphatic rings. The molecule has 2 aliphatic heterocycles. The minimum atomic E-state index is -0.430. The number of aliphatic imine (C=N–C) groups is 1. The second-order valence-electron chi connectivity index (χ2n) is 7.04. The minimum Gasteiger partial charge on any atom is -0.334 e. The Balaban J connectivity index is 1.40. The number of rotatable bonds is 4. The zero-order valence-corrected chi connectivity index (χ0v) is 16.7. The van der Waals surface area contributed by atoms with E-state index < -0.39 is 5.25 Å². The summed E-state index contributed by atoms with van der Waals surface area (Å²) in [7, 11) is 0. The fraction of sp³-hybridized carbons (Fsp3) is 0.286. The molecule has 1 atom stereocenters. The predicted octanol–water partition coefficient (Wildman–Crippen LogP) is 3.37. The maximum absolute atomic E-state index is 12.8. The molecular formula is C21H22N4O2S. The monoisotopic (exact) mass is 394 g/mol. The van der Waals surface area contributed by atoms with Gasteiger partial charge in [0.15, 0.2) is 5.17 Å². The van der Waals surface area contributed by atoms with E-state index in [0.717, 1.165) is 22.5 Å². The average molecular weight is 395 g/mol. The molecule has 1 unspecified atom stereocenters. The third kappa shape index (κ3) is 3.75. The molecule has 0 radical (unpaired) electrons. The number of nitrogens with zero attached hydrogens (tertiary/aromatic N) is 3. The summed E-state index contributed by atoms with van der Waals surface area (Å²) in [6.45, 7) is 4.95. The third-order valence-corrected chi connectivity index (χ3v) is 6.07. The number of para-hydroxylation sites is 1. The van der Waals surface area contributed by atoms with Crippen molar-refractivity contribution in [2.75, 3.05) is 23.6 Å². The Morgan fingerprint density at radius 2 is 2.00 bits per heavy atom. The van der Waals surface area contributed by atoms with E-state index in [4.69, 9.17) is 0 Å². The Hall–Kier alpha value is -2.80. The number of fused-ring (bicyclic) bond motifs is 1. The van der Waals surface area contributed by atoms with Gasteiger partial charge in [-0.3, -0.25) is 14.5 Å². The molecule has 7 heteroatoms. The Bertz CT molecular complexity index is 945. The lowest BCUT2D eigenvalue weighted by Gasteiger charge is -2.32. The summed E-state index contributed by atoms with van der Waals surface area (Å²) in [5, 5.41) is 3.21. The zero-order valence-electron chi connectivity index (χ0n) is 15.9. The van der Waals surface area contributed by atoms with Crippen molar-refractivity contribution in [3.63, 3.8) is 0 Å². The first-order valence-electron chi connectivity index (χ1n) is 9.21. The standard InChI is InChI=1S/C21H22N4O2S/c1-14-8-9-17(15(2)10-14)23-19(26)11-18-20(27)25-13-24(12-22-21(25)28-18)16-6-4-3-5-7-16/h3-10,18H,11-13H2,1-2H3,(H,23,26). The summed E-state index contributed by atoms with van der Waals surface area (Å²) in [5.41, 5.74) is 3.98. The van der Waals surface area contributed by atoms with Gasteiger partial charge >= 0.3 is 0 Å². The number of hydrogen-bond acceptors (Lipinski definition) is 5. The number of carbonyl (C=O) groups is 2. The number of thioether (sulfide) groups is 1. The highest BCUT2D eigenvalue weighted by Crippen LogP contribution is 2.33. The van der Waals surface area contributed by atoms with Crippen LogP contribution in [0.2, 0.25) is 0 Å². The Morgan fingerprint density at radius 1 is 1.21 bits per heavy atom. The van der Waals surface area contributed by atoms with Crippen LogP contribution in [0.3, 0.4) is 0 Å². The van der Waals surface area contributed by atoms with Crippen molar-refractivity contribution < 1.29 is 9.59 Å². The van der Waals surface area contributed by atoms with Gasteiger partial charge in [0, 0.05) is 17.8 Å². The number of amides is 2. The van der Waals surface area contributed by atoms with E-state index >= 15 is 0 Å². The molecule has 144 valence electrons. The van der Waals surface area contributed by atoms with Gasteiger partial charge in [-0.25, -0.2) is 4.99 Å². The van der Waals surface area contributed by atoms with Crippen molar-refractivity contribution in [2.24, 2.45) is 4.99 Å². The fourth-order valence-corrected chi connectivity index (χ4v) is 4.50. The minimum absolute atomic E-state index is 0.0554. The molecule has 0 saturated carbocycles. The van der Waals surface area contributed by atoms with Crippen LogP contribution in [0.15, 0.2) is 53.5 Å². The SMILES string of the molecule is Cc1ccc(NC(=O)CC2SC3=NCN(c4ccccc4)CN3C2=O)c(C)c1. The molecule has 1 saturated heterocycles. The number of nitrogens with one attached hydrogen (secondary N) is 1. The fourth-order valence-electron chi connectivity index (χ4n) is 3.38. The van der Waals surface area contributed by atoms with Crippen LogP contribution in [0, 0.1) is 13.8 Å². The second kappa shape index (κ2) is 7.67. The number of carbonyl (C=O) groups excluding carboxylic acids is 2. The van der Waals surface area contributed by atoms with E-state index in [9.17, 15) is 9.59 Å². The van der Waals surface area contributed by atoms with Crippen LogP contribution in [0.5, 0.6) is 0 Å². The first-order valence-corrected chi connectivity index (χ1v) is 10.1. The third-order valence-electron chi connectivity index (χ3n) is 4.86. The molecule has 1 fully saturated rings. The molecule has 2 aromatic rings. The zero-order chi connectivity index (χ0) is 19.7. The van der Waals surface area contributed by atoms with Crippen molar-refractivity contribution in [1.29, 1.82) is 0 Å². The van der Waals surface area contributed by atoms with Crippen LogP contribution < -0.4 is 10.2 Å². The highest BCUT2D eigenvalue weighted by atomic mass is 32.2. The van der Waals surface area contributed by atoms with E-state index in [2.05, 4.69) is 10.3 Å². The summed E-state index contributed by atoms with van der Waals surface area (Å²) < 4.78 is 0. The van der Waals surface area contributed by atoms with Gasteiger partial charge in [-0.15, -0.1) is 0 Å². The molecule has 4 rings (SSSR count). The smallest absolute Gasteiger partial charge is 0.244 e. The number of hydrogen-bond donors (Lipinski definition) is 1. The molecule has 6 nitrogen and oxygen atoms in total. The number of anilines is 2. The quantitative estimate of drug-likeness (QED) is 0.864. The van der Waals surface area contributed by atoms with Crippen molar-refractivity contribution in [2.45, 2.75) is 25.5 Å². The van der Waals surface area contributed by atoms with Crippen LogP contribution in [0.4, 0.5) is 11.4 Å². The van der Waals surface area contributed by atoms with Crippen LogP contribution in [-0.4, -0.2) is 40.5 Å². The summed E-state index contributed by atoms with van der Waals surface area (Å²) in [4.78, 5) is 33.6. The van der Waals surface area contributed by atoms with Gasteiger partial charge in [-0.1, -0.05) is 47.7 Å². The molecule has 2 heterocycles. The van der Waals surface area contributed by atoms with E-state index in [1.165, 1.54) is 11.8 Å². The van der Waals surface area contributed by atoms with Crippen LogP contribution in [0.25, 0.3) is 0 Å². The largest absolute Gasteiger partial charge is 0.334 e. The molecule has 0 bridgehead atoms. The normalized spacial score (nSPS) is 18.7. The predicted molar refractivity (Wildman–Crippen MR) is 113 cm³/mol. The van der Waals surface area contributed by atoms with Gasteiger partial charge in [0.2, 0.25) is 11.8 Å². The van der Waals surface area contributed by atoms with Crippen molar-refractivity contribution in [1.82, 2.24) is 4.90 Å². The van der Waals surface area contributed by atoms with E-state index in [0.29, 0.717) is 18.5 Å². The maximum Gasteiger partial charge on any atom is 0.244 e. The first-order chi connectivity index (χ1) is 13.5. The van der Waals surface area contributed by atoms with Gasteiger partial charge in [-0.2, -0.15) is 0 Å². The Morgan fingerprint density at radius 3 is 2.75 bits per heavy atom. The van der Waals surface area contributed by atoms with Crippen LogP contribution >= 0.6 is 11.8 Å². The highest BCUT2D eigenvalue weighted by molar-refractivity contribution is 8.15. The maximum atomic E-state index is 12.8. The molecule has 0 aromatic heterocycles. The van der Waals surface area contributed by atoms with E-state index in [-0.39, 0.29) is 18.2 Å². The van der Waals surface area contributed by atoms with Crippen LogP contribution in [-0.2, 0) is 9.59 Å². The second-order valence-corrected chi connectivity index (χ2v) is 8.21. The number of amidine groups is 1. The molecular weight excluding hydrogens is 372 g/mol. The molecule has 2 amide bonds. The summed E-state index contributed by atoms with van der Waals surface area (Å²) in [5.74, 6) is -0.210. The van der Waals surface area contributed by atoms with E-state index in [1.54, 1.807) is 4.90 Å². The Labute approximate surface area is 168 Å². The van der Waals surface area contributed by atoms with Crippen molar-refractivity contribution in [3.8, 4) is 0 Å². The Kier molecular flexibility index (Phi) is 5.09. The van der Waals surface area contributed by atoms with Gasteiger partial charge < -0.3 is 10.2 Å². The summed E-state index contributed by atoms with van der Waals surface area (Å²) >= 11 is 1.38. The lowest BCUT2D eigenvalue weighted by Crippen LogP contribution is -2.46. The first kappa shape index (κ1) is 18.6. The molecule has 0 aliphatic carbocycles. The average Bonchev–Trinajstić information content (AvgIpc) is 3.00. The summed E-state index contributed by atoms with van der Waals surface area (Å²) in [6, 6.07) is 15.8. The molecule has 0 spiro atoms. The lowest BCUT2D eigenvalue weighted by molar-refractivity contribution is -0.128. The van der Waals surface area contributed by atoms with Crippen molar-refractivity contribution >= 4 is 40.1 Å². The molecule has 28 heavy (non-hydrogen) atoms. The topological polar surface area (TPSA) is 65.0 Å². The van der Waals surface area contributed by atoms with Gasteiger partial charge in [-0.05, 0) is 37.6 Å². The summed E-state index contributed by atoms with van der Waals surface area (Å²) in [6.07, 6.45) is 0.137. The van der Waals surface area contributed by atoms with Crippen LogP contribution in [0.1, 0.15) is 17.5 Å². The van der Waals surface area contributed by atoms with Gasteiger partial charge in [0.1, 0.15) is 18.6 Å². The lowest BCUT2D eigenvalue weighted by atomic mass is 10.1. The van der Waals surface area contributed by atoms with Crippen molar-refractivity contribution in [3.05, 3.63) is 59.7 Å². The van der Waals surface area contributed by atoms with E-state index in [1.807, 2.05) is 67.3 Å².